The number of carbonyl (C=O) groups excluding carboxylic acids is 9. The second kappa shape index (κ2) is 28.5. The van der Waals surface area contributed by atoms with E-state index in [9.17, 15) is 94.2 Å². The topological polar surface area (TPSA) is 448 Å². The Hall–Kier alpha value is -5.63. The maximum atomic E-state index is 11.4. The Kier molecular flexibility index (Phi) is 20.5. The van der Waals surface area contributed by atoms with E-state index in [-0.39, 0.29) is 172 Å². The van der Waals surface area contributed by atoms with Crippen molar-refractivity contribution >= 4 is 53.7 Å². The summed E-state index contributed by atoms with van der Waals surface area (Å²) >= 11 is 0. The van der Waals surface area contributed by atoms with E-state index in [4.69, 9.17) is 47.4 Å². The summed E-state index contributed by atoms with van der Waals surface area (Å²) in [6, 6.07) is 0. The lowest BCUT2D eigenvalue weighted by Gasteiger charge is -2.41. The van der Waals surface area contributed by atoms with Gasteiger partial charge in [-0.25, -0.2) is 0 Å². The molecule has 10 heterocycles. The first-order valence-electron chi connectivity index (χ1n) is 42.6. The Morgan fingerprint density at radius 1 is 0.439 bits per heavy atom. The molecule has 20 bridgehead atoms. The van der Waals surface area contributed by atoms with Crippen molar-refractivity contribution in [3.05, 3.63) is 12.3 Å². The van der Waals surface area contributed by atoms with E-state index in [0.29, 0.717) is 85.4 Å². The van der Waals surface area contributed by atoms with E-state index in [1.54, 1.807) is 13.8 Å². The van der Waals surface area contributed by atoms with Crippen molar-refractivity contribution in [3.8, 4) is 0 Å². The average molecular weight is 1610 g/mol. The van der Waals surface area contributed by atoms with Gasteiger partial charge in [-0.2, -0.15) is 0 Å². The molecule has 114 heavy (non-hydrogen) atoms. The first-order valence-corrected chi connectivity index (χ1v) is 42.6. The smallest absolute Gasteiger partial charge is 0.314 e. The van der Waals surface area contributed by atoms with E-state index >= 15 is 0 Å². The Morgan fingerprint density at radius 3 is 1.69 bits per heavy atom. The number of esters is 9. The third-order valence-corrected chi connectivity index (χ3v) is 33.5. The predicted octanol–water partition coefficient (Wildman–Crippen LogP) is 4.71. The molecule has 634 valence electrons. The quantitative estimate of drug-likeness (QED) is 0.116. The van der Waals surface area contributed by atoms with Crippen LogP contribution < -0.4 is 0 Å². The van der Waals surface area contributed by atoms with Gasteiger partial charge in [0.2, 0.25) is 5.79 Å². The van der Waals surface area contributed by atoms with Crippen LogP contribution in [0.4, 0.5) is 0 Å². The van der Waals surface area contributed by atoms with Gasteiger partial charge in [0, 0.05) is 67.6 Å². The normalized spacial score (nSPS) is 55.0. The molecule has 10 N–H and O–H groups in total. The van der Waals surface area contributed by atoms with Gasteiger partial charge in [0.05, 0.1) is 101 Å². The highest BCUT2D eigenvalue weighted by atomic mass is 16.7. The van der Waals surface area contributed by atoms with Crippen molar-refractivity contribution in [1.82, 2.24) is 0 Å². The van der Waals surface area contributed by atoms with Crippen molar-refractivity contribution in [2.45, 2.75) is 335 Å². The zero-order chi connectivity index (χ0) is 81.9. The molecule has 29 nitrogen and oxygen atoms in total. The summed E-state index contributed by atoms with van der Waals surface area (Å²) in [4.78, 5) is 100. The first-order chi connectivity index (χ1) is 53.3. The Labute approximate surface area is 663 Å². The van der Waals surface area contributed by atoms with E-state index in [1.165, 1.54) is 0 Å². The number of hydrogen-bond acceptors (Lipinski definition) is 29. The summed E-state index contributed by atoms with van der Waals surface area (Å²) in [7, 11) is 0. The maximum Gasteiger partial charge on any atom is 0.314 e. The van der Waals surface area contributed by atoms with Crippen LogP contribution in [-0.2, 0) is 90.5 Å². The molecule has 0 aromatic carbocycles. The largest absolute Gasteiger partial charge is 0.489 e. The molecule has 29 heteroatoms. The molecule has 0 spiro atoms. The van der Waals surface area contributed by atoms with Gasteiger partial charge in [0.1, 0.15) is 64.6 Å². The van der Waals surface area contributed by atoms with Crippen LogP contribution in [0.15, 0.2) is 12.3 Å². The summed E-state index contributed by atoms with van der Waals surface area (Å²) in [5.74, 6) is 3.08. The molecule has 0 aromatic rings. The SMILES string of the molecule is C=C1OC2(C)CC1CCC2(C)O.CC1(O)C2CC3C(=O)OC1C3C2.CC1(O)CCC2CC1OC2=O.CC12CC(CCC1O)C(=O)O2.CC12CC3C(=O)OC(C3C1)C2O.CC12CC3CC1C(O)(C3)OC2=O.CC12OC(=O)C3CC(CC31)C2O.CC1CC2CC(OC2=O)C1O.O=C1OC2C(O)C3CC1C2C3.O=C1OC2CC1CCC2O. The van der Waals surface area contributed by atoms with Crippen molar-refractivity contribution in [2.75, 3.05) is 0 Å². The van der Waals surface area contributed by atoms with Crippen molar-refractivity contribution in [3.63, 3.8) is 0 Å². The molecule has 0 amide bonds. The monoisotopic (exact) mass is 1600 g/mol. The predicted molar refractivity (Wildman–Crippen MR) is 389 cm³/mol. The van der Waals surface area contributed by atoms with Crippen LogP contribution in [0.3, 0.4) is 0 Å². The van der Waals surface area contributed by atoms with Gasteiger partial charge >= 0.3 is 53.7 Å². The van der Waals surface area contributed by atoms with E-state index in [2.05, 4.69) is 13.5 Å². The number of rotatable bonds is 0. The Balaban J connectivity index is 0.0000000955. The fourth-order valence-electron chi connectivity index (χ4n) is 26.1. The molecule has 10 saturated heterocycles. The third-order valence-electron chi connectivity index (χ3n) is 33.5. The fourth-order valence-corrected chi connectivity index (χ4v) is 26.1. The number of aliphatic hydroxyl groups is 10. The molecule has 40 unspecified atom stereocenters. The van der Waals surface area contributed by atoms with Crippen molar-refractivity contribution in [2.24, 2.45) is 123 Å². The van der Waals surface area contributed by atoms with Crippen LogP contribution >= 0.6 is 0 Å². The molecule has 15 saturated carbocycles. The van der Waals surface area contributed by atoms with Gasteiger partial charge in [0.15, 0.2) is 0 Å². The Bertz CT molecular complexity index is 3860. The molecule has 0 radical (unpaired) electrons. The average Bonchev–Trinajstić information content (AvgIpc) is 1.56. The minimum atomic E-state index is -1.09. The highest BCUT2D eigenvalue weighted by molar-refractivity contribution is 5.82. The van der Waals surface area contributed by atoms with Crippen LogP contribution in [0, 0.1) is 123 Å². The summed E-state index contributed by atoms with van der Waals surface area (Å²) in [5, 5.41) is 97.1. The number of carbonyl (C=O) groups is 9. The fraction of sp³-hybridized carbons (Fsp3) is 0.871. The van der Waals surface area contributed by atoms with Crippen LogP contribution in [-0.4, -0.2) is 217 Å². The number of ether oxygens (including phenoxy) is 10. The minimum Gasteiger partial charge on any atom is -0.489 e. The minimum absolute atomic E-state index is 0.0356. The molecule has 0 aromatic heterocycles. The van der Waals surface area contributed by atoms with Gasteiger partial charge in [-0.05, 0) is 212 Å². The lowest BCUT2D eigenvalue weighted by Crippen LogP contribution is -2.51. The molecule has 25 aliphatic rings. The molecule has 15 aliphatic carbocycles. The van der Waals surface area contributed by atoms with Crippen LogP contribution in [0.2, 0.25) is 0 Å². The van der Waals surface area contributed by atoms with Crippen molar-refractivity contribution < 1.29 is 142 Å². The molecule has 25 rings (SSSR count). The van der Waals surface area contributed by atoms with E-state index in [1.807, 2.05) is 41.5 Å². The molecule has 40 atom stereocenters. The lowest BCUT2D eigenvalue weighted by molar-refractivity contribution is -0.196. The summed E-state index contributed by atoms with van der Waals surface area (Å²) in [6.45, 7) is 20.9. The van der Waals surface area contributed by atoms with Crippen LogP contribution in [0.5, 0.6) is 0 Å². The van der Waals surface area contributed by atoms with Crippen molar-refractivity contribution in [1.29, 1.82) is 0 Å². The van der Waals surface area contributed by atoms with Gasteiger partial charge < -0.3 is 98.4 Å². The zero-order valence-electron chi connectivity index (χ0n) is 67.0. The number of allylic oxidation sites excluding steroid dienone is 1. The summed E-state index contributed by atoms with van der Waals surface area (Å²) in [6.07, 6.45) is 17.1. The molecule has 10 aliphatic heterocycles. The second-order valence-electron chi connectivity index (χ2n) is 41.0. The lowest BCUT2D eigenvalue weighted by atomic mass is 9.71. The van der Waals surface area contributed by atoms with Gasteiger partial charge in [0.25, 0.3) is 0 Å². The van der Waals surface area contributed by atoms with Crippen LogP contribution in [0.1, 0.15) is 223 Å². The van der Waals surface area contributed by atoms with Gasteiger partial charge in [-0.3, -0.25) is 43.2 Å². The van der Waals surface area contributed by atoms with E-state index < -0.39 is 64.3 Å². The number of fused-ring (bicyclic) bond motifs is 15. The third kappa shape index (κ3) is 13.5. The first kappa shape index (κ1) is 82.1. The highest BCUT2D eigenvalue weighted by Gasteiger charge is 2.73. The standard InChI is InChI=1S/C10H16O2.4C9H12O3.C8H10O3.3C8H12O3.C7H10O3/c1-7-8-4-5-9(2,11)10(3,6-8)12-7;1-8-3-5-2-6(8)9(11,4-5)12-7(8)10;1-9-2-4-5(3-9)8(11)12-6(4)7(9)10;1-9(11)4-2-5-6(3-4)8(10)12-7(5)9;1-9-6-3-4(7(9)10)2-5(6)8(11)12-9;9-6-3-1-4-5(2-3)8(10)11-7(4)6;1-4-2-5-3-6(7(4)9)11-8(5)10;1-8(10)3-2-5-4-6(8)11-7(5)9;1-8-4-5(7(10)11-8)2-3-6(8)9;8-5-2-1-4-3-6(5)10-7(4)9/h8,11H,1,4-6H2,2-3H3;5-6,11H,2-4H2,1H3;4-7,10H,2-3H2,1H3;4-7,11H,2-3H2,1H3;4-7,10H,2-3H2,1H3;3-7,9H,1-2H2;4-7,9H,2-3H2,1H3;5-6,10H,2-4H2,1H3;5-6,9H,2-4H2,1H3;4-6,8H,1-3H2. The Morgan fingerprint density at radius 2 is 1.08 bits per heavy atom. The molecular weight excluding hydrogens is 1480 g/mol. The molecule has 25 fully saturated rings. The maximum absolute atomic E-state index is 11.4. The summed E-state index contributed by atoms with van der Waals surface area (Å²) < 4.78 is 51.3. The highest BCUT2D eigenvalue weighted by Crippen LogP contribution is 2.67. The van der Waals surface area contributed by atoms with E-state index in [0.717, 1.165) is 134 Å². The molecular formula is C85H120O29. The van der Waals surface area contributed by atoms with Gasteiger partial charge in [-0.15, -0.1) is 0 Å². The van der Waals surface area contributed by atoms with Gasteiger partial charge in [-0.1, -0.05) is 20.4 Å². The number of aliphatic hydroxyl groups excluding tert-OH is 6. The summed E-state index contributed by atoms with van der Waals surface area (Å²) in [5.41, 5.74) is -4.08. The zero-order valence-corrected chi connectivity index (χ0v) is 67.0. The number of hydrogen-bond donors (Lipinski definition) is 10. The second-order valence-corrected chi connectivity index (χ2v) is 41.0. The van der Waals surface area contributed by atoms with Crippen LogP contribution in [0.25, 0.3) is 0 Å².